The van der Waals surface area contributed by atoms with E-state index < -0.39 is 0 Å². The molecular formula is C10H12N4OS. The fourth-order valence-corrected chi connectivity index (χ4v) is 2.08. The second-order valence-electron chi connectivity index (χ2n) is 3.34. The van der Waals surface area contributed by atoms with Crippen molar-refractivity contribution in [1.29, 1.82) is 0 Å². The highest BCUT2D eigenvalue weighted by molar-refractivity contribution is 7.12. The largest absolute Gasteiger partial charge is 0.306 e. The van der Waals surface area contributed by atoms with Gasteiger partial charge >= 0.3 is 0 Å². The van der Waals surface area contributed by atoms with Crippen LogP contribution in [0.4, 0.5) is 5.82 Å². The minimum Gasteiger partial charge on any atom is -0.306 e. The molecule has 0 saturated carbocycles. The van der Waals surface area contributed by atoms with Crippen molar-refractivity contribution >= 4 is 23.1 Å². The minimum atomic E-state index is -0.140. The lowest BCUT2D eigenvalue weighted by atomic mass is 10.2. The number of nitrogens with one attached hydrogen (secondary N) is 2. The van der Waals surface area contributed by atoms with Crippen LogP contribution in [-0.2, 0) is 6.42 Å². The molecule has 0 aliphatic heterocycles. The summed E-state index contributed by atoms with van der Waals surface area (Å²) < 4.78 is 0. The first-order valence-corrected chi connectivity index (χ1v) is 5.84. The van der Waals surface area contributed by atoms with E-state index in [0.717, 1.165) is 17.7 Å². The second kappa shape index (κ2) is 4.44. The summed E-state index contributed by atoms with van der Waals surface area (Å²) in [4.78, 5) is 16.6. The highest BCUT2D eigenvalue weighted by atomic mass is 32.1. The molecule has 0 unspecified atom stereocenters. The van der Waals surface area contributed by atoms with E-state index >= 15 is 0 Å². The molecule has 0 aromatic carbocycles. The zero-order valence-corrected chi connectivity index (χ0v) is 9.89. The van der Waals surface area contributed by atoms with Crippen molar-refractivity contribution < 1.29 is 4.79 Å². The molecule has 2 N–H and O–H groups in total. The average molecular weight is 236 g/mol. The lowest BCUT2D eigenvalue weighted by molar-refractivity contribution is 0.102. The molecule has 0 aliphatic carbocycles. The third-order valence-electron chi connectivity index (χ3n) is 2.29. The molecular weight excluding hydrogens is 224 g/mol. The quantitative estimate of drug-likeness (QED) is 0.856. The zero-order valence-electron chi connectivity index (χ0n) is 9.07. The molecule has 1 amide bonds. The van der Waals surface area contributed by atoms with E-state index in [9.17, 15) is 4.79 Å². The maximum absolute atomic E-state index is 11.9. The number of aromatic amines is 1. The molecule has 2 heterocycles. The number of nitrogens with zero attached hydrogens (tertiary/aromatic N) is 2. The molecule has 0 aliphatic rings. The Hall–Kier alpha value is -1.69. The lowest BCUT2D eigenvalue weighted by Gasteiger charge is -2.02. The number of hydrogen-bond acceptors (Lipinski definition) is 4. The summed E-state index contributed by atoms with van der Waals surface area (Å²) in [5.41, 5.74) is 3.41. The highest BCUT2D eigenvalue weighted by Gasteiger charge is 2.13. The minimum absolute atomic E-state index is 0.140. The SMILES string of the molecule is CCc1cn[nH]c1NC(=O)c1scnc1C. The summed E-state index contributed by atoms with van der Waals surface area (Å²) in [7, 11) is 0. The van der Waals surface area contributed by atoms with Crippen LogP contribution in [0.15, 0.2) is 11.7 Å². The Balaban J connectivity index is 2.17. The summed E-state index contributed by atoms with van der Waals surface area (Å²) in [5, 5.41) is 9.47. The molecule has 84 valence electrons. The summed E-state index contributed by atoms with van der Waals surface area (Å²) >= 11 is 1.34. The van der Waals surface area contributed by atoms with Gasteiger partial charge < -0.3 is 5.32 Å². The van der Waals surface area contributed by atoms with Crippen molar-refractivity contribution in [2.24, 2.45) is 0 Å². The molecule has 0 fully saturated rings. The summed E-state index contributed by atoms with van der Waals surface area (Å²) in [6.45, 7) is 3.83. The first-order valence-electron chi connectivity index (χ1n) is 4.96. The van der Waals surface area contributed by atoms with E-state index in [1.807, 2.05) is 13.8 Å². The van der Waals surface area contributed by atoms with Crippen molar-refractivity contribution in [3.8, 4) is 0 Å². The Labute approximate surface area is 96.9 Å². The highest BCUT2D eigenvalue weighted by Crippen LogP contribution is 2.16. The lowest BCUT2D eigenvalue weighted by Crippen LogP contribution is -2.13. The Morgan fingerprint density at radius 1 is 1.62 bits per heavy atom. The van der Waals surface area contributed by atoms with Gasteiger partial charge in [-0.2, -0.15) is 5.10 Å². The van der Waals surface area contributed by atoms with Gasteiger partial charge in [0.25, 0.3) is 5.91 Å². The smallest absolute Gasteiger partial charge is 0.268 e. The predicted octanol–water partition coefficient (Wildman–Crippen LogP) is 1.99. The molecule has 5 nitrogen and oxygen atoms in total. The Bertz CT molecular complexity index is 502. The van der Waals surface area contributed by atoms with Crippen LogP contribution in [0.5, 0.6) is 0 Å². The van der Waals surface area contributed by atoms with E-state index in [4.69, 9.17) is 0 Å². The maximum Gasteiger partial charge on any atom is 0.268 e. The zero-order chi connectivity index (χ0) is 11.5. The number of carbonyl (C=O) groups is 1. The Morgan fingerprint density at radius 3 is 3.06 bits per heavy atom. The first kappa shape index (κ1) is 10.8. The number of H-pyrrole nitrogens is 1. The van der Waals surface area contributed by atoms with Crippen LogP contribution in [0.3, 0.4) is 0 Å². The van der Waals surface area contributed by atoms with Gasteiger partial charge in [0.1, 0.15) is 10.7 Å². The first-order chi connectivity index (χ1) is 7.72. The van der Waals surface area contributed by atoms with Gasteiger partial charge in [-0.25, -0.2) is 4.98 Å². The van der Waals surface area contributed by atoms with Crippen LogP contribution in [-0.4, -0.2) is 21.1 Å². The van der Waals surface area contributed by atoms with Crippen LogP contribution in [0.2, 0.25) is 0 Å². The molecule has 2 aromatic rings. The molecule has 16 heavy (non-hydrogen) atoms. The van der Waals surface area contributed by atoms with Gasteiger partial charge in [-0.3, -0.25) is 9.89 Å². The van der Waals surface area contributed by atoms with Gasteiger partial charge in [-0.1, -0.05) is 6.92 Å². The number of thiazole rings is 1. The van der Waals surface area contributed by atoms with Crippen LogP contribution < -0.4 is 5.32 Å². The number of anilines is 1. The van der Waals surface area contributed by atoms with Crippen molar-refractivity contribution in [2.45, 2.75) is 20.3 Å². The normalized spacial score (nSPS) is 10.4. The maximum atomic E-state index is 11.9. The topological polar surface area (TPSA) is 70.7 Å². The van der Waals surface area contributed by atoms with Crippen LogP contribution >= 0.6 is 11.3 Å². The Kier molecular flexibility index (Phi) is 3.00. The standard InChI is InChI=1S/C10H12N4OS/c1-3-7-4-12-14-9(7)13-10(15)8-6(2)11-5-16-8/h4-5H,3H2,1-2H3,(H2,12,13,14,15). The van der Waals surface area contributed by atoms with Crippen LogP contribution in [0.1, 0.15) is 27.9 Å². The van der Waals surface area contributed by atoms with E-state index in [2.05, 4.69) is 20.5 Å². The van der Waals surface area contributed by atoms with E-state index in [-0.39, 0.29) is 5.91 Å². The molecule has 2 aromatic heterocycles. The van der Waals surface area contributed by atoms with Crippen molar-refractivity contribution in [3.05, 3.63) is 27.8 Å². The number of amides is 1. The van der Waals surface area contributed by atoms with E-state index in [1.165, 1.54) is 11.3 Å². The molecule has 0 spiro atoms. The van der Waals surface area contributed by atoms with Gasteiger partial charge in [0.05, 0.1) is 17.4 Å². The second-order valence-corrected chi connectivity index (χ2v) is 4.20. The van der Waals surface area contributed by atoms with Crippen LogP contribution in [0, 0.1) is 6.92 Å². The van der Waals surface area contributed by atoms with Gasteiger partial charge in [0.2, 0.25) is 0 Å². The third-order valence-corrected chi connectivity index (χ3v) is 3.22. The van der Waals surface area contributed by atoms with E-state index in [1.54, 1.807) is 11.7 Å². The number of aromatic nitrogens is 3. The number of rotatable bonds is 3. The molecule has 0 bridgehead atoms. The molecule has 0 atom stereocenters. The van der Waals surface area contributed by atoms with Crippen molar-refractivity contribution in [1.82, 2.24) is 15.2 Å². The summed E-state index contributed by atoms with van der Waals surface area (Å²) in [6, 6.07) is 0. The van der Waals surface area contributed by atoms with Gasteiger partial charge in [-0.05, 0) is 13.3 Å². The number of carbonyl (C=O) groups excluding carboxylic acids is 1. The number of aryl methyl sites for hydroxylation is 2. The van der Waals surface area contributed by atoms with Gasteiger partial charge in [0.15, 0.2) is 0 Å². The monoisotopic (exact) mass is 236 g/mol. The summed E-state index contributed by atoms with van der Waals surface area (Å²) in [6.07, 6.45) is 2.54. The van der Waals surface area contributed by atoms with Gasteiger partial charge in [0, 0.05) is 5.56 Å². The summed E-state index contributed by atoms with van der Waals surface area (Å²) in [5.74, 6) is 0.527. The fourth-order valence-electron chi connectivity index (χ4n) is 1.38. The fraction of sp³-hybridized carbons (Fsp3) is 0.300. The average Bonchev–Trinajstić information content (AvgIpc) is 2.86. The van der Waals surface area contributed by atoms with E-state index in [0.29, 0.717) is 10.7 Å². The van der Waals surface area contributed by atoms with Crippen LogP contribution in [0.25, 0.3) is 0 Å². The molecule has 0 saturated heterocycles. The number of hydrogen-bond donors (Lipinski definition) is 2. The molecule has 0 radical (unpaired) electrons. The van der Waals surface area contributed by atoms with Crippen molar-refractivity contribution in [3.63, 3.8) is 0 Å². The molecule has 2 rings (SSSR count). The van der Waals surface area contributed by atoms with Gasteiger partial charge in [-0.15, -0.1) is 11.3 Å². The predicted molar refractivity (Wildman–Crippen MR) is 62.8 cm³/mol. The molecule has 6 heteroatoms. The Morgan fingerprint density at radius 2 is 2.44 bits per heavy atom. The third kappa shape index (κ3) is 1.96. The van der Waals surface area contributed by atoms with Crippen molar-refractivity contribution in [2.75, 3.05) is 5.32 Å².